The zero-order chi connectivity index (χ0) is 11.0. The Bertz CT molecular complexity index is 371. The van der Waals surface area contributed by atoms with Crippen LogP contribution in [0.25, 0.3) is 0 Å². The third-order valence-corrected chi connectivity index (χ3v) is 3.36. The SMILES string of the molecule is Cc1cc2c(cc1C)OCC(C(C)N)C2. The Labute approximate surface area is 91.4 Å². The maximum absolute atomic E-state index is 5.91. The van der Waals surface area contributed by atoms with E-state index >= 15 is 0 Å². The van der Waals surface area contributed by atoms with Crippen LogP contribution in [-0.2, 0) is 6.42 Å². The fraction of sp³-hybridized carbons (Fsp3) is 0.538. The van der Waals surface area contributed by atoms with Crippen molar-refractivity contribution in [3.05, 3.63) is 28.8 Å². The second kappa shape index (κ2) is 3.86. The average Bonchev–Trinajstić information content (AvgIpc) is 2.19. The summed E-state index contributed by atoms with van der Waals surface area (Å²) < 4.78 is 5.75. The molecule has 2 unspecified atom stereocenters. The Morgan fingerprint density at radius 2 is 2.00 bits per heavy atom. The molecule has 0 saturated carbocycles. The van der Waals surface area contributed by atoms with Crippen molar-refractivity contribution in [1.82, 2.24) is 0 Å². The lowest BCUT2D eigenvalue weighted by atomic mass is 9.90. The lowest BCUT2D eigenvalue weighted by molar-refractivity contribution is 0.204. The second-order valence-corrected chi connectivity index (χ2v) is 4.68. The summed E-state index contributed by atoms with van der Waals surface area (Å²) in [6.07, 6.45) is 1.05. The third-order valence-electron chi connectivity index (χ3n) is 3.36. The van der Waals surface area contributed by atoms with E-state index in [-0.39, 0.29) is 6.04 Å². The number of nitrogens with two attached hydrogens (primary N) is 1. The molecule has 15 heavy (non-hydrogen) atoms. The molecule has 0 spiro atoms. The van der Waals surface area contributed by atoms with Gasteiger partial charge in [0.1, 0.15) is 5.75 Å². The number of aryl methyl sites for hydroxylation is 2. The number of ether oxygens (including phenoxy) is 1. The first-order valence-corrected chi connectivity index (χ1v) is 5.56. The molecular formula is C13H19NO. The lowest BCUT2D eigenvalue weighted by Crippen LogP contribution is -2.35. The van der Waals surface area contributed by atoms with Gasteiger partial charge in [-0.3, -0.25) is 0 Å². The molecule has 0 fully saturated rings. The molecule has 2 nitrogen and oxygen atoms in total. The van der Waals surface area contributed by atoms with Crippen LogP contribution >= 0.6 is 0 Å². The van der Waals surface area contributed by atoms with Gasteiger partial charge in [-0.15, -0.1) is 0 Å². The first-order valence-electron chi connectivity index (χ1n) is 5.56. The molecule has 1 aliphatic rings. The van der Waals surface area contributed by atoms with Gasteiger partial charge in [0, 0.05) is 12.0 Å². The monoisotopic (exact) mass is 205 g/mol. The van der Waals surface area contributed by atoms with Crippen molar-refractivity contribution in [2.45, 2.75) is 33.2 Å². The Kier molecular flexibility index (Phi) is 2.70. The summed E-state index contributed by atoms with van der Waals surface area (Å²) in [6, 6.07) is 4.58. The molecule has 0 aromatic heterocycles. The standard InChI is InChI=1S/C13H19NO/c1-8-4-11-6-12(10(3)14)7-15-13(11)5-9(8)2/h4-5,10,12H,6-7,14H2,1-3H3. The molecule has 1 aliphatic heterocycles. The maximum atomic E-state index is 5.91. The summed E-state index contributed by atoms with van der Waals surface area (Å²) in [5.41, 5.74) is 9.86. The smallest absolute Gasteiger partial charge is 0.122 e. The predicted molar refractivity (Wildman–Crippen MR) is 62.3 cm³/mol. The maximum Gasteiger partial charge on any atom is 0.122 e. The minimum Gasteiger partial charge on any atom is -0.493 e. The lowest BCUT2D eigenvalue weighted by Gasteiger charge is -2.28. The first-order chi connectivity index (χ1) is 7.08. The Hall–Kier alpha value is -1.02. The van der Waals surface area contributed by atoms with Crippen LogP contribution in [0.4, 0.5) is 0 Å². The normalized spacial score (nSPS) is 21.7. The molecule has 0 saturated heterocycles. The predicted octanol–water partition coefficient (Wildman–Crippen LogP) is 2.20. The van der Waals surface area contributed by atoms with Crippen molar-refractivity contribution in [3.8, 4) is 5.75 Å². The molecule has 0 amide bonds. The molecule has 1 heterocycles. The third kappa shape index (κ3) is 2.00. The number of rotatable bonds is 1. The van der Waals surface area contributed by atoms with Crippen molar-refractivity contribution >= 4 is 0 Å². The van der Waals surface area contributed by atoms with E-state index in [0.29, 0.717) is 5.92 Å². The Balaban J connectivity index is 2.30. The molecule has 82 valence electrons. The summed E-state index contributed by atoms with van der Waals surface area (Å²) in [4.78, 5) is 0. The summed E-state index contributed by atoms with van der Waals surface area (Å²) >= 11 is 0. The quantitative estimate of drug-likeness (QED) is 0.763. The minimum atomic E-state index is 0.208. The van der Waals surface area contributed by atoms with Crippen LogP contribution in [0.1, 0.15) is 23.6 Å². The number of fused-ring (bicyclic) bond motifs is 1. The molecule has 1 aromatic carbocycles. The van der Waals surface area contributed by atoms with E-state index < -0.39 is 0 Å². The molecule has 2 heteroatoms. The van der Waals surface area contributed by atoms with Crippen molar-refractivity contribution < 1.29 is 4.74 Å². The highest BCUT2D eigenvalue weighted by Crippen LogP contribution is 2.30. The highest BCUT2D eigenvalue weighted by atomic mass is 16.5. The zero-order valence-corrected chi connectivity index (χ0v) is 9.71. The minimum absolute atomic E-state index is 0.208. The molecule has 2 N–H and O–H groups in total. The molecule has 0 aliphatic carbocycles. The van der Waals surface area contributed by atoms with Gasteiger partial charge in [0.25, 0.3) is 0 Å². The summed E-state index contributed by atoms with van der Waals surface area (Å²) in [7, 11) is 0. The fourth-order valence-corrected chi connectivity index (χ4v) is 2.02. The number of hydrogen-bond acceptors (Lipinski definition) is 2. The summed E-state index contributed by atoms with van der Waals surface area (Å²) in [5, 5.41) is 0. The fourth-order valence-electron chi connectivity index (χ4n) is 2.02. The highest BCUT2D eigenvalue weighted by molar-refractivity contribution is 5.43. The summed E-state index contributed by atoms with van der Waals surface area (Å²) in [6.45, 7) is 7.08. The Morgan fingerprint density at radius 3 is 2.67 bits per heavy atom. The van der Waals surface area contributed by atoms with E-state index in [4.69, 9.17) is 10.5 Å². The first kappa shape index (κ1) is 10.5. The largest absolute Gasteiger partial charge is 0.493 e. The molecule has 0 radical (unpaired) electrons. The molecular weight excluding hydrogens is 186 g/mol. The number of hydrogen-bond donors (Lipinski definition) is 1. The van der Waals surface area contributed by atoms with Crippen LogP contribution in [0, 0.1) is 19.8 Å². The molecule has 1 aromatic rings. The van der Waals surface area contributed by atoms with Gasteiger partial charge in [-0.05, 0) is 49.9 Å². The van der Waals surface area contributed by atoms with Crippen LogP contribution in [0.15, 0.2) is 12.1 Å². The van der Waals surface area contributed by atoms with E-state index in [0.717, 1.165) is 18.8 Å². The van der Waals surface area contributed by atoms with Gasteiger partial charge in [-0.1, -0.05) is 6.07 Å². The molecule has 2 atom stereocenters. The zero-order valence-electron chi connectivity index (χ0n) is 9.71. The Morgan fingerprint density at radius 1 is 1.33 bits per heavy atom. The van der Waals surface area contributed by atoms with Crippen LogP contribution in [0.3, 0.4) is 0 Å². The van der Waals surface area contributed by atoms with Crippen molar-refractivity contribution in [2.24, 2.45) is 11.7 Å². The van der Waals surface area contributed by atoms with E-state index in [2.05, 4.69) is 32.9 Å². The van der Waals surface area contributed by atoms with E-state index in [1.807, 2.05) is 0 Å². The van der Waals surface area contributed by atoms with Crippen molar-refractivity contribution in [2.75, 3.05) is 6.61 Å². The highest BCUT2D eigenvalue weighted by Gasteiger charge is 2.23. The van der Waals surface area contributed by atoms with Gasteiger partial charge in [-0.2, -0.15) is 0 Å². The van der Waals surface area contributed by atoms with Gasteiger partial charge in [0.2, 0.25) is 0 Å². The van der Waals surface area contributed by atoms with Gasteiger partial charge in [0.05, 0.1) is 6.61 Å². The van der Waals surface area contributed by atoms with E-state index in [1.54, 1.807) is 0 Å². The van der Waals surface area contributed by atoms with Crippen LogP contribution in [0.2, 0.25) is 0 Å². The van der Waals surface area contributed by atoms with Gasteiger partial charge in [0.15, 0.2) is 0 Å². The summed E-state index contributed by atoms with van der Waals surface area (Å²) in [5.74, 6) is 1.51. The van der Waals surface area contributed by atoms with Crippen molar-refractivity contribution in [3.63, 3.8) is 0 Å². The van der Waals surface area contributed by atoms with Gasteiger partial charge in [-0.25, -0.2) is 0 Å². The molecule has 2 rings (SSSR count). The topological polar surface area (TPSA) is 35.2 Å². The second-order valence-electron chi connectivity index (χ2n) is 4.68. The van der Waals surface area contributed by atoms with Gasteiger partial charge < -0.3 is 10.5 Å². The number of benzene rings is 1. The van der Waals surface area contributed by atoms with E-state index in [1.165, 1.54) is 16.7 Å². The van der Waals surface area contributed by atoms with Crippen LogP contribution < -0.4 is 10.5 Å². The van der Waals surface area contributed by atoms with Crippen LogP contribution in [0.5, 0.6) is 5.75 Å². The average molecular weight is 205 g/mol. The van der Waals surface area contributed by atoms with Gasteiger partial charge >= 0.3 is 0 Å². The van der Waals surface area contributed by atoms with Crippen molar-refractivity contribution in [1.29, 1.82) is 0 Å². The van der Waals surface area contributed by atoms with E-state index in [9.17, 15) is 0 Å². The van der Waals surface area contributed by atoms with Crippen LogP contribution in [-0.4, -0.2) is 12.6 Å². The molecule has 0 bridgehead atoms.